The molecule has 2 rings (SSSR count). The number of aromatic nitrogens is 2. The maximum atomic E-state index is 6.00. The standard InChI is InChI=1S/C11H15N3S/c1-5(2)7-9-10(14-11(7)15)8(12)6(3)4-13-9/h4-5,14-15H,1-3H3,(H2,12,13). The molecule has 0 aliphatic carbocycles. The lowest BCUT2D eigenvalue weighted by Crippen LogP contribution is -1.93. The van der Waals surface area contributed by atoms with Crippen molar-refractivity contribution < 1.29 is 0 Å². The number of hydrogen-bond donors (Lipinski definition) is 3. The first-order valence-corrected chi connectivity index (χ1v) is 5.42. The van der Waals surface area contributed by atoms with Crippen LogP contribution in [0.15, 0.2) is 11.2 Å². The van der Waals surface area contributed by atoms with Crippen molar-refractivity contribution in [3.8, 4) is 0 Å². The summed E-state index contributed by atoms with van der Waals surface area (Å²) in [6.07, 6.45) is 1.81. The van der Waals surface area contributed by atoms with E-state index in [0.717, 1.165) is 32.9 Å². The van der Waals surface area contributed by atoms with E-state index in [2.05, 4.69) is 36.4 Å². The molecule has 0 aliphatic heterocycles. The molecule has 80 valence electrons. The van der Waals surface area contributed by atoms with Crippen molar-refractivity contribution in [1.29, 1.82) is 0 Å². The summed E-state index contributed by atoms with van der Waals surface area (Å²) in [5.41, 5.74) is 10.7. The largest absolute Gasteiger partial charge is 0.397 e. The van der Waals surface area contributed by atoms with E-state index in [1.807, 2.05) is 13.1 Å². The number of thiol groups is 1. The Balaban J connectivity index is 2.85. The molecule has 3 nitrogen and oxygen atoms in total. The molecule has 0 atom stereocenters. The number of nitrogens with one attached hydrogen (secondary N) is 1. The molecule has 2 heterocycles. The highest BCUT2D eigenvalue weighted by Crippen LogP contribution is 2.33. The average Bonchev–Trinajstić information content (AvgIpc) is 2.49. The average molecular weight is 221 g/mol. The second kappa shape index (κ2) is 3.45. The molecule has 0 spiro atoms. The number of nitrogen functional groups attached to an aromatic ring is 1. The molecule has 0 saturated carbocycles. The van der Waals surface area contributed by atoms with E-state index in [0.29, 0.717) is 5.92 Å². The number of nitrogens with zero attached hydrogens (tertiary/aromatic N) is 1. The lowest BCUT2D eigenvalue weighted by atomic mass is 10.1. The first kappa shape index (κ1) is 10.4. The van der Waals surface area contributed by atoms with Gasteiger partial charge in [0.1, 0.15) is 0 Å². The lowest BCUT2D eigenvalue weighted by molar-refractivity contribution is 0.844. The molecule has 2 aromatic rings. The fourth-order valence-electron chi connectivity index (χ4n) is 1.80. The minimum absolute atomic E-state index is 0.390. The van der Waals surface area contributed by atoms with Crippen molar-refractivity contribution >= 4 is 29.3 Å². The number of aromatic amines is 1. The number of anilines is 1. The van der Waals surface area contributed by atoms with Gasteiger partial charge >= 0.3 is 0 Å². The number of H-pyrrole nitrogens is 1. The third-order valence-corrected chi connectivity index (χ3v) is 3.00. The normalized spacial score (nSPS) is 11.5. The van der Waals surface area contributed by atoms with Crippen LogP contribution in [-0.4, -0.2) is 9.97 Å². The van der Waals surface area contributed by atoms with Gasteiger partial charge in [-0.2, -0.15) is 0 Å². The smallest absolute Gasteiger partial charge is 0.0946 e. The van der Waals surface area contributed by atoms with Crippen molar-refractivity contribution in [2.24, 2.45) is 0 Å². The molecule has 0 aromatic carbocycles. The Kier molecular flexibility index (Phi) is 2.38. The quantitative estimate of drug-likeness (QED) is 0.648. The molecule has 15 heavy (non-hydrogen) atoms. The van der Waals surface area contributed by atoms with Crippen molar-refractivity contribution in [3.05, 3.63) is 17.3 Å². The van der Waals surface area contributed by atoms with E-state index in [1.165, 1.54) is 0 Å². The third-order valence-electron chi connectivity index (χ3n) is 2.65. The summed E-state index contributed by atoms with van der Waals surface area (Å²) in [5, 5.41) is 0.866. The number of fused-ring (bicyclic) bond motifs is 1. The van der Waals surface area contributed by atoms with Crippen LogP contribution in [0.1, 0.15) is 30.9 Å². The lowest BCUT2D eigenvalue weighted by Gasteiger charge is -2.04. The fraction of sp³-hybridized carbons (Fsp3) is 0.364. The van der Waals surface area contributed by atoms with E-state index in [1.54, 1.807) is 0 Å². The van der Waals surface area contributed by atoms with E-state index in [4.69, 9.17) is 5.73 Å². The molecule has 3 N–H and O–H groups in total. The summed E-state index contributed by atoms with van der Waals surface area (Å²) in [5.74, 6) is 0.390. The van der Waals surface area contributed by atoms with Crippen molar-refractivity contribution in [2.75, 3.05) is 5.73 Å². The maximum absolute atomic E-state index is 6.00. The van der Waals surface area contributed by atoms with Crippen molar-refractivity contribution in [2.45, 2.75) is 31.7 Å². The zero-order chi connectivity index (χ0) is 11.2. The topological polar surface area (TPSA) is 54.7 Å². The van der Waals surface area contributed by atoms with E-state index >= 15 is 0 Å². The number of hydrogen-bond acceptors (Lipinski definition) is 3. The number of pyridine rings is 1. The Morgan fingerprint density at radius 1 is 1.47 bits per heavy atom. The van der Waals surface area contributed by atoms with Crippen LogP contribution in [0.25, 0.3) is 11.0 Å². The van der Waals surface area contributed by atoms with E-state index in [9.17, 15) is 0 Å². The van der Waals surface area contributed by atoms with Crippen LogP contribution in [0.4, 0.5) is 5.69 Å². The van der Waals surface area contributed by atoms with Crippen LogP contribution in [-0.2, 0) is 0 Å². The number of rotatable bonds is 1. The molecule has 2 aromatic heterocycles. The van der Waals surface area contributed by atoms with Crippen LogP contribution >= 0.6 is 12.6 Å². The summed E-state index contributed by atoms with van der Waals surface area (Å²) < 4.78 is 0. The van der Waals surface area contributed by atoms with E-state index in [-0.39, 0.29) is 0 Å². The SMILES string of the molecule is Cc1cnc2c(C(C)C)c(S)[nH]c2c1N. The molecule has 0 bridgehead atoms. The molecule has 0 radical (unpaired) electrons. The second-order valence-electron chi connectivity index (χ2n) is 4.12. The molecular formula is C11H15N3S. The fourth-order valence-corrected chi connectivity index (χ4v) is 2.27. The van der Waals surface area contributed by atoms with Crippen molar-refractivity contribution in [1.82, 2.24) is 9.97 Å². The van der Waals surface area contributed by atoms with Gasteiger partial charge in [0, 0.05) is 11.8 Å². The molecule has 0 saturated heterocycles. The number of nitrogens with two attached hydrogens (primary N) is 1. The van der Waals surface area contributed by atoms with Crippen LogP contribution in [0.2, 0.25) is 0 Å². The Hall–Kier alpha value is -1.16. The van der Waals surface area contributed by atoms with Crippen LogP contribution < -0.4 is 5.73 Å². The van der Waals surface area contributed by atoms with Gasteiger partial charge < -0.3 is 10.7 Å². The second-order valence-corrected chi connectivity index (χ2v) is 4.57. The summed E-state index contributed by atoms with van der Waals surface area (Å²) in [4.78, 5) is 7.62. The van der Waals surface area contributed by atoms with Gasteiger partial charge in [0.15, 0.2) is 0 Å². The molecule has 0 amide bonds. The third kappa shape index (κ3) is 1.49. The Morgan fingerprint density at radius 3 is 2.73 bits per heavy atom. The number of aryl methyl sites for hydroxylation is 1. The summed E-state index contributed by atoms with van der Waals surface area (Å²) in [6.45, 7) is 6.20. The van der Waals surface area contributed by atoms with Gasteiger partial charge in [-0.25, -0.2) is 0 Å². The van der Waals surface area contributed by atoms with Crippen molar-refractivity contribution in [3.63, 3.8) is 0 Å². The minimum Gasteiger partial charge on any atom is -0.397 e. The highest BCUT2D eigenvalue weighted by atomic mass is 32.1. The first-order chi connectivity index (χ1) is 7.02. The minimum atomic E-state index is 0.390. The molecule has 0 unspecified atom stereocenters. The van der Waals surface area contributed by atoms with Gasteiger partial charge in [-0.1, -0.05) is 13.8 Å². The monoisotopic (exact) mass is 221 g/mol. The van der Waals surface area contributed by atoms with Gasteiger partial charge in [-0.15, -0.1) is 12.6 Å². The van der Waals surface area contributed by atoms with Crippen LogP contribution in [0.5, 0.6) is 0 Å². The van der Waals surface area contributed by atoms with Gasteiger partial charge in [0.05, 0.1) is 21.7 Å². The maximum Gasteiger partial charge on any atom is 0.0946 e. The van der Waals surface area contributed by atoms with Gasteiger partial charge in [-0.3, -0.25) is 4.98 Å². The first-order valence-electron chi connectivity index (χ1n) is 4.98. The Bertz CT molecular complexity index is 514. The Labute approximate surface area is 94.5 Å². The van der Waals surface area contributed by atoms with Gasteiger partial charge in [0.25, 0.3) is 0 Å². The molecular weight excluding hydrogens is 206 g/mol. The zero-order valence-corrected chi connectivity index (χ0v) is 10.0. The van der Waals surface area contributed by atoms with Crippen LogP contribution in [0, 0.1) is 6.92 Å². The molecule has 4 heteroatoms. The van der Waals surface area contributed by atoms with Crippen LogP contribution in [0.3, 0.4) is 0 Å². The highest BCUT2D eigenvalue weighted by Gasteiger charge is 2.15. The molecule has 0 aliphatic rings. The van der Waals surface area contributed by atoms with Gasteiger partial charge in [-0.05, 0) is 18.4 Å². The van der Waals surface area contributed by atoms with Gasteiger partial charge in [0.2, 0.25) is 0 Å². The Morgan fingerprint density at radius 2 is 2.13 bits per heavy atom. The predicted octanol–water partition coefficient (Wildman–Crippen LogP) is 2.87. The molecule has 0 fully saturated rings. The predicted molar refractivity (Wildman–Crippen MR) is 66.6 cm³/mol. The highest BCUT2D eigenvalue weighted by molar-refractivity contribution is 7.80. The zero-order valence-electron chi connectivity index (χ0n) is 9.13. The van der Waals surface area contributed by atoms with E-state index < -0.39 is 0 Å². The summed E-state index contributed by atoms with van der Waals surface area (Å²) in [6, 6.07) is 0. The summed E-state index contributed by atoms with van der Waals surface area (Å²) in [7, 11) is 0. The summed E-state index contributed by atoms with van der Waals surface area (Å²) >= 11 is 4.43.